The molecule has 1 unspecified atom stereocenters. The monoisotopic (exact) mass is 702 g/mol. The van der Waals surface area contributed by atoms with Crippen LogP contribution in [0.25, 0.3) is 10.1 Å². The fraction of sp³-hybridized carbons (Fsp3) is 0.455. The Morgan fingerprint density at radius 1 is 1.02 bits per heavy atom. The van der Waals surface area contributed by atoms with Crippen molar-refractivity contribution in [1.29, 1.82) is 0 Å². The van der Waals surface area contributed by atoms with Crippen molar-refractivity contribution in [3.63, 3.8) is 0 Å². The second-order valence-corrected chi connectivity index (χ2v) is 15.5. The van der Waals surface area contributed by atoms with Crippen LogP contribution in [-0.2, 0) is 31.0 Å². The first-order valence-corrected chi connectivity index (χ1v) is 18.4. The Morgan fingerprint density at radius 3 is 2.48 bits per heavy atom. The highest BCUT2D eigenvalue weighted by atomic mass is 32.1. The summed E-state index contributed by atoms with van der Waals surface area (Å²) in [7, 11) is -5.79. The Kier molecular flexibility index (Phi) is 9.47. The van der Waals surface area contributed by atoms with Gasteiger partial charge in [0.15, 0.2) is 0 Å². The number of likely N-dealkylation sites (tertiary alicyclic amines) is 1. The van der Waals surface area contributed by atoms with Crippen molar-refractivity contribution in [3.05, 3.63) is 70.6 Å². The van der Waals surface area contributed by atoms with Crippen molar-refractivity contribution in [2.24, 2.45) is 0 Å². The van der Waals surface area contributed by atoms with Gasteiger partial charge in [-0.1, -0.05) is 36.4 Å². The van der Waals surface area contributed by atoms with E-state index < -0.39 is 42.7 Å². The van der Waals surface area contributed by atoms with E-state index in [0.29, 0.717) is 37.1 Å². The highest BCUT2D eigenvalue weighted by Crippen LogP contribution is 2.59. The topological polar surface area (TPSA) is 148 Å². The SMILES string of the molecule is CC(=O)N1CC[C@H]2CC[C@@H](C(=O)N3CCC[C@H]3Cc3ccccc3)N2C(=O)C(NC(=O)c2cc3cc(C(F)(F)P(=O)(O)O)ccc3s2)C1. The van der Waals surface area contributed by atoms with Gasteiger partial charge in [0.05, 0.1) is 4.88 Å². The van der Waals surface area contributed by atoms with E-state index in [1.807, 2.05) is 35.2 Å². The van der Waals surface area contributed by atoms with Crippen LogP contribution in [0.4, 0.5) is 8.78 Å². The molecule has 1 aromatic heterocycles. The number of carbonyl (C=O) groups is 4. The fourth-order valence-electron chi connectivity index (χ4n) is 7.17. The molecule has 3 aliphatic heterocycles. The lowest BCUT2D eigenvalue weighted by molar-refractivity contribution is -0.149. The van der Waals surface area contributed by atoms with Gasteiger partial charge in [-0.3, -0.25) is 23.7 Å². The molecule has 3 saturated heterocycles. The summed E-state index contributed by atoms with van der Waals surface area (Å²) >= 11 is 0.964. The third kappa shape index (κ3) is 6.63. The van der Waals surface area contributed by atoms with Crippen LogP contribution < -0.4 is 5.32 Å². The van der Waals surface area contributed by atoms with Gasteiger partial charge in [0.1, 0.15) is 12.1 Å². The molecule has 0 aliphatic carbocycles. The Labute approximate surface area is 280 Å². The van der Waals surface area contributed by atoms with Crippen LogP contribution in [0.1, 0.15) is 59.8 Å². The number of nitrogens with zero attached hydrogens (tertiary/aromatic N) is 3. The lowest BCUT2D eigenvalue weighted by atomic mass is 10.0. The van der Waals surface area contributed by atoms with Crippen LogP contribution in [0.5, 0.6) is 0 Å². The molecular formula is C33H37F2N4O7PS. The average molecular weight is 703 g/mol. The number of nitrogens with one attached hydrogen (secondary N) is 1. The van der Waals surface area contributed by atoms with Gasteiger partial charge < -0.3 is 29.8 Å². The minimum absolute atomic E-state index is 0.0163. The molecule has 3 fully saturated rings. The molecule has 256 valence electrons. The molecule has 0 saturated carbocycles. The van der Waals surface area contributed by atoms with E-state index in [1.165, 1.54) is 24.0 Å². The number of alkyl halides is 2. The predicted octanol–water partition coefficient (Wildman–Crippen LogP) is 4.07. The van der Waals surface area contributed by atoms with E-state index in [4.69, 9.17) is 9.79 Å². The predicted molar refractivity (Wildman–Crippen MR) is 174 cm³/mol. The lowest BCUT2D eigenvalue weighted by Crippen LogP contribution is -2.61. The number of halogens is 2. The van der Waals surface area contributed by atoms with E-state index in [9.17, 15) is 32.5 Å². The van der Waals surface area contributed by atoms with Crippen LogP contribution in [0, 0.1) is 0 Å². The Balaban J connectivity index is 1.24. The molecule has 4 atom stereocenters. The third-order valence-corrected chi connectivity index (χ3v) is 11.8. The van der Waals surface area contributed by atoms with Gasteiger partial charge >= 0.3 is 13.3 Å². The first-order chi connectivity index (χ1) is 22.7. The maximum atomic E-state index is 14.4. The van der Waals surface area contributed by atoms with Crippen molar-refractivity contribution in [2.75, 3.05) is 19.6 Å². The van der Waals surface area contributed by atoms with Gasteiger partial charge in [-0.2, -0.15) is 8.78 Å². The fourth-order valence-corrected chi connectivity index (χ4v) is 8.59. The molecule has 3 aliphatic rings. The van der Waals surface area contributed by atoms with Crippen molar-refractivity contribution in [1.82, 2.24) is 20.0 Å². The highest BCUT2D eigenvalue weighted by molar-refractivity contribution is 7.52. The standard InChI is InChI=1S/C33H37F2N4O7PS/c1-20(40)37-15-13-24-10-11-27(32(43)38-14-5-8-25(38)16-21-6-3-2-4-7-21)39(24)31(42)26(19-37)36-30(41)29-18-22-17-23(9-12-28(22)48-29)33(34,35)47(44,45)46/h2-4,6-7,9,12,17-18,24-27H,5,8,10-11,13-16,19H2,1H3,(H,36,41)(H2,44,45,46)/t24-,25+,26?,27+/m1/s1. The quantitative estimate of drug-likeness (QED) is 0.315. The van der Waals surface area contributed by atoms with Gasteiger partial charge in [0, 0.05) is 48.9 Å². The van der Waals surface area contributed by atoms with E-state index in [0.717, 1.165) is 48.3 Å². The summed E-state index contributed by atoms with van der Waals surface area (Å²) in [6.07, 6.45) is 4.02. The number of hydrogen-bond donors (Lipinski definition) is 3. The maximum Gasteiger partial charge on any atom is 0.399 e. The molecule has 2 aromatic carbocycles. The molecule has 0 spiro atoms. The smallest absolute Gasteiger partial charge is 0.340 e. The average Bonchev–Trinajstić information content (AvgIpc) is 3.79. The molecular weight excluding hydrogens is 665 g/mol. The second-order valence-electron chi connectivity index (χ2n) is 12.7. The van der Waals surface area contributed by atoms with Gasteiger partial charge in [-0.05, 0) is 67.7 Å². The third-order valence-electron chi connectivity index (χ3n) is 9.65. The van der Waals surface area contributed by atoms with E-state index in [1.54, 1.807) is 4.90 Å². The normalized spacial score (nSPS) is 23.6. The van der Waals surface area contributed by atoms with Crippen LogP contribution in [0.3, 0.4) is 0 Å². The molecule has 48 heavy (non-hydrogen) atoms. The summed E-state index contributed by atoms with van der Waals surface area (Å²) in [5.41, 5.74) is -4.17. The van der Waals surface area contributed by atoms with E-state index >= 15 is 0 Å². The second kappa shape index (κ2) is 13.3. The van der Waals surface area contributed by atoms with E-state index in [-0.39, 0.29) is 40.7 Å². The first-order valence-electron chi connectivity index (χ1n) is 15.9. The molecule has 0 radical (unpaired) electrons. The Hall–Kier alpha value is -3.71. The number of benzene rings is 2. The Morgan fingerprint density at radius 2 is 1.77 bits per heavy atom. The minimum Gasteiger partial charge on any atom is -0.340 e. The van der Waals surface area contributed by atoms with Crippen molar-refractivity contribution < 1.29 is 42.3 Å². The summed E-state index contributed by atoms with van der Waals surface area (Å²) in [5.74, 6) is -1.50. The summed E-state index contributed by atoms with van der Waals surface area (Å²) < 4.78 is 40.5. The molecule has 15 heteroatoms. The molecule has 3 aromatic rings. The van der Waals surface area contributed by atoms with Crippen LogP contribution in [0.15, 0.2) is 54.6 Å². The van der Waals surface area contributed by atoms with Crippen LogP contribution in [0.2, 0.25) is 0 Å². The molecule has 0 bridgehead atoms. The van der Waals surface area contributed by atoms with Crippen LogP contribution in [-0.4, -0.2) is 91.9 Å². The number of hydrogen-bond acceptors (Lipinski definition) is 6. The van der Waals surface area contributed by atoms with Gasteiger partial charge in [-0.15, -0.1) is 11.3 Å². The zero-order valence-electron chi connectivity index (χ0n) is 26.3. The van der Waals surface area contributed by atoms with Crippen molar-refractivity contribution >= 4 is 52.6 Å². The largest absolute Gasteiger partial charge is 0.399 e. The number of fused-ring (bicyclic) bond motifs is 2. The molecule has 4 amide bonds. The minimum atomic E-state index is -5.79. The number of rotatable bonds is 7. The Bertz CT molecular complexity index is 1780. The van der Waals surface area contributed by atoms with Crippen LogP contribution >= 0.6 is 18.9 Å². The highest BCUT2D eigenvalue weighted by Gasteiger charge is 2.51. The zero-order chi connectivity index (χ0) is 34.4. The summed E-state index contributed by atoms with van der Waals surface area (Å²) in [6, 6.07) is 12.2. The number of carbonyl (C=O) groups excluding carboxylic acids is 4. The summed E-state index contributed by atoms with van der Waals surface area (Å²) in [5, 5.41) is 2.91. The molecule has 3 N–H and O–H groups in total. The summed E-state index contributed by atoms with van der Waals surface area (Å²) in [6.45, 7) is 2.23. The van der Waals surface area contributed by atoms with Gasteiger partial charge in [0.25, 0.3) is 5.91 Å². The number of thiophene rings is 1. The van der Waals surface area contributed by atoms with Gasteiger partial charge in [0.2, 0.25) is 17.7 Å². The number of amides is 4. The summed E-state index contributed by atoms with van der Waals surface area (Å²) in [4.78, 5) is 77.8. The molecule has 4 heterocycles. The van der Waals surface area contributed by atoms with Crippen molar-refractivity contribution in [2.45, 2.75) is 75.3 Å². The first kappa shape index (κ1) is 34.2. The molecule has 11 nitrogen and oxygen atoms in total. The maximum absolute atomic E-state index is 14.4. The van der Waals surface area contributed by atoms with Gasteiger partial charge in [-0.25, -0.2) is 0 Å². The molecule has 6 rings (SSSR count). The van der Waals surface area contributed by atoms with Crippen molar-refractivity contribution in [3.8, 4) is 0 Å². The van der Waals surface area contributed by atoms with E-state index in [2.05, 4.69) is 5.32 Å². The lowest BCUT2D eigenvalue weighted by Gasteiger charge is -2.39. The zero-order valence-corrected chi connectivity index (χ0v) is 28.0.